The van der Waals surface area contributed by atoms with Crippen LogP contribution in [0.5, 0.6) is 0 Å². The smallest absolute Gasteiger partial charge is 0.230 e. The molecule has 1 aromatic carbocycles. The summed E-state index contributed by atoms with van der Waals surface area (Å²) in [6.45, 7) is 0.517. The normalized spacial score (nSPS) is 27.1. The predicted molar refractivity (Wildman–Crippen MR) is 97.5 cm³/mol. The van der Waals surface area contributed by atoms with Gasteiger partial charge in [0.2, 0.25) is 5.91 Å². The minimum Gasteiger partial charge on any atom is -0.393 e. The molecule has 0 spiro atoms. The van der Waals surface area contributed by atoms with Crippen molar-refractivity contribution in [1.82, 2.24) is 20.1 Å². The van der Waals surface area contributed by atoms with Gasteiger partial charge in [-0.1, -0.05) is 36.8 Å². The van der Waals surface area contributed by atoms with Crippen molar-refractivity contribution in [3.63, 3.8) is 0 Å². The first-order valence-corrected chi connectivity index (χ1v) is 9.46. The Morgan fingerprint density at radius 3 is 2.69 bits per heavy atom. The number of hydrogen-bond donors (Lipinski definition) is 2. The van der Waals surface area contributed by atoms with Crippen LogP contribution in [-0.4, -0.2) is 38.4 Å². The van der Waals surface area contributed by atoms with Crippen molar-refractivity contribution < 1.29 is 9.90 Å². The zero-order valence-corrected chi connectivity index (χ0v) is 15.1. The van der Waals surface area contributed by atoms with Crippen LogP contribution in [-0.2, 0) is 17.3 Å². The maximum absolute atomic E-state index is 13.0. The van der Waals surface area contributed by atoms with Gasteiger partial charge in [-0.25, -0.2) is 0 Å². The van der Waals surface area contributed by atoms with Crippen LogP contribution in [0.2, 0.25) is 0 Å². The second kappa shape index (κ2) is 6.83. The molecule has 3 atom stereocenters. The van der Waals surface area contributed by atoms with Crippen molar-refractivity contribution >= 4 is 5.91 Å². The molecule has 138 valence electrons. The minimum absolute atomic E-state index is 0.0635. The number of carbonyl (C=O) groups excluding carboxylic acids is 1. The largest absolute Gasteiger partial charge is 0.393 e. The molecule has 0 radical (unpaired) electrons. The lowest BCUT2D eigenvalue weighted by molar-refractivity contribution is -0.130. The highest BCUT2D eigenvalue weighted by atomic mass is 16.3. The molecular weight excluding hydrogens is 328 g/mol. The Labute approximate surface area is 153 Å². The molecule has 4 rings (SSSR count). The van der Waals surface area contributed by atoms with Gasteiger partial charge in [-0.2, -0.15) is 0 Å². The van der Waals surface area contributed by atoms with Gasteiger partial charge in [-0.3, -0.25) is 4.79 Å². The van der Waals surface area contributed by atoms with E-state index >= 15 is 0 Å². The molecule has 2 N–H and O–H groups in total. The zero-order chi connectivity index (χ0) is 18.1. The highest BCUT2D eigenvalue weighted by Crippen LogP contribution is 2.44. The fourth-order valence-electron chi connectivity index (χ4n) is 4.52. The lowest BCUT2D eigenvalue weighted by Gasteiger charge is -2.41. The maximum Gasteiger partial charge on any atom is 0.230 e. The van der Waals surface area contributed by atoms with Crippen molar-refractivity contribution in [2.24, 2.45) is 13.0 Å². The molecule has 2 aromatic rings. The molecule has 0 saturated heterocycles. The first-order chi connectivity index (χ1) is 12.6. The first-order valence-electron chi connectivity index (χ1n) is 9.46. The molecule has 1 heterocycles. The number of amides is 1. The Hall–Kier alpha value is -2.21. The Bertz CT molecular complexity index is 769. The van der Waals surface area contributed by atoms with Gasteiger partial charge in [0.05, 0.1) is 11.5 Å². The van der Waals surface area contributed by atoms with E-state index in [0.29, 0.717) is 13.0 Å². The number of rotatable bonds is 5. The molecule has 0 unspecified atom stereocenters. The summed E-state index contributed by atoms with van der Waals surface area (Å²) in [7, 11) is 1.93. The van der Waals surface area contributed by atoms with Gasteiger partial charge in [0.1, 0.15) is 12.2 Å². The highest BCUT2D eigenvalue weighted by molar-refractivity contribution is 5.89. The van der Waals surface area contributed by atoms with E-state index in [1.807, 2.05) is 41.9 Å². The van der Waals surface area contributed by atoms with Gasteiger partial charge in [0.25, 0.3) is 0 Å². The summed E-state index contributed by atoms with van der Waals surface area (Å²) in [5, 5.41) is 21.7. The fourth-order valence-corrected chi connectivity index (χ4v) is 4.52. The number of aryl methyl sites for hydroxylation is 1. The summed E-state index contributed by atoms with van der Waals surface area (Å²) >= 11 is 0. The summed E-state index contributed by atoms with van der Waals surface area (Å²) in [5.41, 5.74) is 0.723. The van der Waals surface area contributed by atoms with Crippen LogP contribution < -0.4 is 5.32 Å². The average Bonchev–Trinajstić information content (AvgIpc) is 3.18. The van der Waals surface area contributed by atoms with Crippen LogP contribution in [0.1, 0.15) is 49.4 Å². The molecule has 1 amide bonds. The van der Waals surface area contributed by atoms with Crippen LogP contribution in [0.3, 0.4) is 0 Å². The van der Waals surface area contributed by atoms with Crippen LogP contribution in [0, 0.1) is 5.92 Å². The summed E-state index contributed by atoms with van der Waals surface area (Å²) in [6.07, 6.45) is 5.67. The fraction of sp³-hybridized carbons (Fsp3) is 0.550. The van der Waals surface area contributed by atoms with Gasteiger partial charge < -0.3 is 15.0 Å². The predicted octanol–water partition coefficient (Wildman–Crippen LogP) is 1.91. The lowest BCUT2D eigenvalue weighted by Crippen LogP contribution is -2.50. The molecule has 26 heavy (non-hydrogen) atoms. The maximum atomic E-state index is 13.0. The van der Waals surface area contributed by atoms with E-state index in [2.05, 4.69) is 15.5 Å². The van der Waals surface area contributed by atoms with Crippen molar-refractivity contribution in [3.8, 4) is 0 Å². The topological polar surface area (TPSA) is 80.0 Å². The zero-order valence-electron chi connectivity index (χ0n) is 15.1. The van der Waals surface area contributed by atoms with Gasteiger partial charge >= 0.3 is 0 Å². The third-order valence-electron chi connectivity index (χ3n) is 6.26. The number of aliphatic hydroxyl groups excluding tert-OH is 1. The Morgan fingerprint density at radius 2 is 2.08 bits per heavy atom. The molecule has 6 nitrogen and oxygen atoms in total. The number of aliphatic hydroxyl groups is 1. The molecule has 0 bridgehead atoms. The van der Waals surface area contributed by atoms with Gasteiger partial charge in [-0.05, 0) is 31.2 Å². The van der Waals surface area contributed by atoms with Crippen molar-refractivity contribution in [3.05, 3.63) is 48.0 Å². The number of benzene rings is 1. The number of carbonyl (C=O) groups is 1. The van der Waals surface area contributed by atoms with E-state index in [9.17, 15) is 9.90 Å². The SMILES string of the molecule is Cn1cnnc1[C@H]1C[C@H](CNC(=O)C2(c3ccccc3)CCC2)[C@H](O)C1. The summed E-state index contributed by atoms with van der Waals surface area (Å²) in [4.78, 5) is 13.0. The molecule has 0 aliphatic heterocycles. The molecule has 2 aliphatic rings. The summed E-state index contributed by atoms with van der Waals surface area (Å²) < 4.78 is 1.91. The van der Waals surface area contributed by atoms with Crippen LogP contribution >= 0.6 is 0 Å². The first kappa shape index (κ1) is 17.2. The number of nitrogens with one attached hydrogen (secondary N) is 1. The molecule has 2 aliphatic carbocycles. The van der Waals surface area contributed by atoms with Gasteiger partial charge in [0, 0.05) is 25.4 Å². The Kier molecular flexibility index (Phi) is 4.53. The monoisotopic (exact) mass is 354 g/mol. The minimum atomic E-state index is -0.411. The van der Waals surface area contributed by atoms with E-state index in [4.69, 9.17) is 0 Å². The third-order valence-corrected chi connectivity index (χ3v) is 6.26. The van der Waals surface area contributed by atoms with E-state index in [1.165, 1.54) is 0 Å². The van der Waals surface area contributed by atoms with Crippen molar-refractivity contribution in [1.29, 1.82) is 0 Å². The second-order valence-electron chi connectivity index (χ2n) is 7.81. The van der Waals surface area contributed by atoms with E-state index in [1.54, 1.807) is 6.33 Å². The number of hydrogen-bond acceptors (Lipinski definition) is 4. The van der Waals surface area contributed by atoms with E-state index < -0.39 is 6.10 Å². The molecule has 2 fully saturated rings. The van der Waals surface area contributed by atoms with E-state index in [-0.39, 0.29) is 23.2 Å². The van der Waals surface area contributed by atoms with Crippen LogP contribution in [0.4, 0.5) is 0 Å². The average molecular weight is 354 g/mol. The molecule has 2 saturated carbocycles. The third kappa shape index (κ3) is 2.92. The number of aromatic nitrogens is 3. The summed E-state index contributed by atoms with van der Waals surface area (Å²) in [6, 6.07) is 10.1. The van der Waals surface area contributed by atoms with Crippen LogP contribution in [0.25, 0.3) is 0 Å². The lowest BCUT2D eigenvalue weighted by atomic mass is 9.64. The van der Waals surface area contributed by atoms with Crippen LogP contribution in [0.15, 0.2) is 36.7 Å². The Balaban J connectivity index is 1.39. The quantitative estimate of drug-likeness (QED) is 0.859. The van der Waals surface area contributed by atoms with Crippen molar-refractivity contribution in [2.45, 2.75) is 49.5 Å². The molecule has 1 aromatic heterocycles. The van der Waals surface area contributed by atoms with Crippen molar-refractivity contribution in [2.75, 3.05) is 6.54 Å². The van der Waals surface area contributed by atoms with Gasteiger partial charge in [-0.15, -0.1) is 10.2 Å². The van der Waals surface area contributed by atoms with Gasteiger partial charge in [0.15, 0.2) is 0 Å². The summed E-state index contributed by atoms with van der Waals surface area (Å²) in [5.74, 6) is 1.28. The Morgan fingerprint density at radius 1 is 1.31 bits per heavy atom. The second-order valence-corrected chi connectivity index (χ2v) is 7.81. The number of nitrogens with zero attached hydrogens (tertiary/aromatic N) is 3. The standard InChI is InChI=1S/C20H26N4O2/c1-24-13-22-23-18(24)14-10-15(17(25)11-14)12-21-19(26)20(8-5-9-20)16-6-3-2-4-7-16/h2-4,6-7,13-15,17,25H,5,8-12H2,1H3,(H,21,26)/t14-,15+,17+/m0/s1. The highest BCUT2D eigenvalue weighted by Gasteiger charge is 2.46. The molecular formula is C20H26N4O2. The van der Waals surface area contributed by atoms with E-state index in [0.717, 1.165) is 37.1 Å². The molecule has 6 heteroatoms.